The standard InChI is InChI=1S/C19H23BN4O8/c1-3-23-7-8-24(17(27)16(23)26)19(30)21-10(2)15(25)22-13-9-11-5-4-6-12(18(28)29)14(11)32-20(13)31/h4-6,10,13,31H,3,7-9H2,1-2H3,(H,21,30)(H,22,25)(H,28,29). The van der Waals surface area contributed by atoms with Crippen LogP contribution in [0.25, 0.3) is 0 Å². The minimum atomic E-state index is -1.50. The molecule has 4 N–H and O–H groups in total. The number of benzene rings is 1. The van der Waals surface area contributed by atoms with E-state index in [0.29, 0.717) is 12.1 Å². The van der Waals surface area contributed by atoms with Crippen LogP contribution in [0.5, 0.6) is 5.75 Å². The molecular weight excluding hydrogens is 423 g/mol. The molecule has 2 atom stereocenters. The van der Waals surface area contributed by atoms with Crippen LogP contribution in [0.1, 0.15) is 29.8 Å². The third kappa shape index (κ3) is 4.52. The van der Waals surface area contributed by atoms with Crippen molar-refractivity contribution in [1.82, 2.24) is 20.4 Å². The maximum atomic E-state index is 12.5. The minimum Gasteiger partial charge on any atom is -0.534 e. The third-order valence-corrected chi connectivity index (χ3v) is 5.35. The van der Waals surface area contributed by atoms with Gasteiger partial charge in [-0.1, -0.05) is 12.1 Å². The zero-order valence-electron chi connectivity index (χ0n) is 17.5. The molecule has 0 saturated carbocycles. The summed E-state index contributed by atoms with van der Waals surface area (Å²) in [5.41, 5.74) is 0.393. The number of carboxylic acid groups (broad SMARTS) is 1. The first-order chi connectivity index (χ1) is 15.1. The fourth-order valence-corrected chi connectivity index (χ4v) is 3.52. The summed E-state index contributed by atoms with van der Waals surface area (Å²) in [6.07, 6.45) is 0.107. The van der Waals surface area contributed by atoms with Gasteiger partial charge in [0, 0.05) is 19.6 Å². The number of carbonyl (C=O) groups excluding carboxylic acids is 4. The van der Waals surface area contributed by atoms with Crippen LogP contribution in [-0.2, 0) is 20.8 Å². The number of hydrogen-bond donors (Lipinski definition) is 4. The van der Waals surface area contributed by atoms with Crippen molar-refractivity contribution in [3.63, 3.8) is 0 Å². The van der Waals surface area contributed by atoms with Crippen molar-refractivity contribution in [3.8, 4) is 5.75 Å². The summed E-state index contributed by atoms with van der Waals surface area (Å²) < 4.78 is 5.32. The largest absolute Gasteiger partial charge is 0.547 e. The Morgan fingerprint density at radius 2 is 1.97 bits per heavy atom. The molecule has 12 nitrogen and oxygen atoms in total. The van der Waals surface area contributed by atoms with E-state index in [1.165, 1.54) is 24.0 Å². The highest BCUT2D eigenvalue weighted by Gasteiger charge is 2.39. The molecule has 2 aliphatic rings. The van der Waals surface area contributed by atoms with E-state index in [4.69, 9.17) is 4.65 Å². The van der Waals surface area contributed by atoms with Crippen molar-refractivity contribution in [2.75, 3.05) is 19.6 Å². The van der Waals surface area contributed by atoms with Crippen LogP contribution in [0.4, 0.5) is 4.79 Å². The lowest BCUT2D eigenvalue weighted by atomic mass is 9.72. The number of urea groups is 1. The lowest BCUT2D eigenvalue weighted by Crippen LogP contribution is -2.61. The molecule has 2 heterocycles. The second-order valence-electron chi connectivity index (χ2n) is 7.44. The van der Waals surface area contributed by atoms with Crippen molar-refractivity contribution in [2.45, 2.75) is 32.3 Å². The number of rotatable bonds is 5. The number of piperazine rings is 1. The quantitative estimate of drug-likeness (QED) is 0.317. The van der Waals surface area contributed by atoms with Gasteiger partial charge in [0.2, 0.25) is 5.91 Å². The molecule has 0 bridgehead atoms. The maximum Gasteiger partial charge on any atom is 0.547 e. The molecule has 13 heteroatoms. The first kappa shape index (κ1) is 23.1. The van der Waals surface area contributed by atoms with Crippen LogP contribution in [0, 0.1) is 0 Å². The Balaban J connectivity index is 1.61. The van der Waals surface area contributed by atoms with E-state index in [1.807, 2.05) is 0 Å². The molecule has 2 unspecified atom stereocenters. The molecule has 0 aromatic heterocycles. The molecule has 170 valence electrons. The number of likely N-dealkylation sites (N-methyl/N-ethyl adjacent to an activating group) is 1. The van der Waals surface area contributed by atoms with Gasteiger partial charge in [-0.15, -0.1) is 0 Å². The van der Waals surface area contributed by atoms with Crippen LogP contribution in [0.15, 0.2) is 18.2 Å². The number of carbonyl (C=O) groups is 5. The van der Waals surface area contributed by atoms with Crippen LogP contribution < -0.4 is 15.3 Å². The fourth-order valence-electron chi connectivity index (χ4n) is 3.52. The van der Waals surface area contributed by atoms with E-state index in [0.717, 1.165) is 4.90 Å². The highest BCUT2D eigenvalue weighted by molar-refractivity contribution is 6.47. The van der Waals surface area contributed by atoms with E-state index in [1.54, 1.807) is 13.0 Å². The van der Waals surface area contributed by atoms with Gasteiger partial charge in [-0.05, 0) is 31.9 Å². The molecule has 0 radical (unpaired) electrons. The minimum absolute atomic E-state index is 0.0104. The molecule has 0 spiro atoms. The Labute approximate surface area is 183 Å². The van der Waals surface area contributed by atoms with E-state index >= 15 is 0 Å². The summed E-state index contributed by atoms with van der Waals surface area (Å²) in [6.45, 7) is 3.67. The Hall–Kier alpha value is -3.61. The lowest BCUT2D eigenvalue weighted by Gasteiger charge is -2.32. The molecule has 1 saturated heterocycles. The normalized spacial score (nSPS) is 19.1. The Bertz CT molecular complexity index is 971. The van der Waals surface area contributed by atoms with E-state index in [2.05, 4.69) is 10.6 Å². The first-order valence-corrected chi connectivity index (χ1v) is 10.1. The second kappa shape index (κ2) is 9.26. The summed E-state index contributed by atoms with van der Waals surface area (Å²) in [6, 6.07) is 2.53. The van der Waals surface area contributed by atoms with Crippen molar-refractivity contribution >= 4 is 36.8 Å². The van der Waals surface area contributed by atoms with Gasteiger partial charge in [0.05, 0.1) is 11.5 Å². The SMILES string of the molecule is CCN1CCN(C(=O)NC(C)C(=O)NC2Cc3cccc(C(=O)O)c3OB2O)C(=O)C1=O. The molecule has 32 heavy (non-hydrogen) atoms. The zero-order chi connectivity index (χ0) is 23.6. The lowest BCUT2D eigenvalue weighted by molar-refractivity contribution is -0.153. The Morgan fingerprint density at radius 3 is 2.62 bits per heavy atom. The molecule has 5 amide bonds. The Kier molecular flexibility index (Phi) is 6.68. The number of imide groups is 1. The highest BCUT2D eigenvalue weighted by atomic mass is 16.5. The number of hydrogen-bond acceptors (Lipinski definition) is 7. The maximum absolute atomic E-state index is 12.5. The van der Waals surface area contributed by atoms with E-state index in [-0.39, 0.29) is 30.8 Å². The Morgan fingerprint density at radius 1 is 1.25 bits per heavy atom. The van der Waals surface area contributed by atoms with Crippen LogP contribution in [0.2, 0.25) is 0 Å². The number of para-hydroxylation sites is 1. The number of nitrogens with one attached hydrogen (secondary N) is 2. The molecule has 1 aromatic rings. The summed E-state index contributed by atoms with van der Waals surface area (Å²) in [5.74, 6) is -4.48. The van der Waals surface area contributed by atoms with Gasteiger partial charge in [-0.25, -0.2) is 9.59 Å². The summed E-state index contributed by atoms with van der Waals surface area (Å²) in [4.78, 5) is 62.4. The van der Waals surface area contributed by atoms with E-state index in [9.17, 15) is 34.1 Å². The second-order valence-corrected chi connectivity index (χ2v) is 7.44. The predicted octanol–water partition coefficient (Wildman–Crippen LogP) is -1.39. The van der Waals surface area contributed by atoms with Crippen LogP contribution >= 0.6 is 0 Å². The van der Waals surface area contributed by atoms with Gasteiger partial charge < -0.3 is 30.3 Å². The molecular formula is C19H23BN4O8. The van der Waals surface area contributed by atoms with Crippen molar-refractivity contribution in [1.29, 1.82) is 0 Å². The molecule has 1 fully saturated rings. The van der Waals surface area contributed by atoms with Crippen molar-refractivity contribution in [3.05, 3.63) is 29.3 Å². The zero-order valence-corrected chi connectivity index (χ0v) is 17.5. The summed E-state index contributed by atoms with van der Waals surface area (Å²) >= 11 is 0. The van der Waals surface area contributed by atoms with Crippen LogP contribution in [-0.4, -0.2) is 88.4 Å². The number of carboxylic acids is 1. The highest BCUT2D eigenvalue weighted by Crippen LogP contribution is 2.30. The first-order valence-electron chi connectivity index (χ1n) is 10.1. The van der Waals surface area contributed by atoms with Gasteiger partial charge in [0.15, 0.2) is 0 Å². The summed E-state index contributed by atoms with van der Waals surface area (Å²) in [5, 5.41) is 24.4. The summed E-state index contributed by atoms with van der Waals surface area (Å²) in [7, 11) is -1.50. The predicted molar refractivity (Wildman–Crippen MR) is 110 cm³/mol. The number of aromatic carboxylic acids is 1. The third-order valence-electron chi connectivity index (χ3n) is 5.35. The average molecular weight is 446 g/mol. The van der Waals surface area contributed by atoms with Gasteiger partial charge in [0.1, 0.15) is 11.8 Å². The van der Waals surface area contributed by atoms with E-state index < -0.39 is 48.8 Å². The van der Waals surface area contributed by atoms with Crippen LogP contribution in [0.3, 0.4) is 0 Å². The van der Waals surface area contributed by atoms with Gasteiger partial charge in [0.25, 0.3) is 0 Å². The number of amides is 5. The molecule has 0 aliphatic carbocycles. The van der Waals surface area contributed by atoms with Crippen molar-refractivity contribution < 1.29 is 38.8 Å². The number of fused-ring (bicyclic) bond motifs is 1. The molecule has 1 aromatic carbocycles. The average Bonchev–Trinajstić information content (AvgIpc) is 2.75. The topological polar surface area (TPSA) is 166 Å². The smallest absolute Gasteiger partial charge is 0.534 e. The number of nitrogens with zero attached hydrogens (tertiary/aromatic N) is 2. The monoisotopic (exact) mass is 446 g/mol. The molecule has 3 rings (SSSR count). The molecule has 2 aliphatic heterocycles. The fraction of sp³-hybridized carbons (Fsp3) is 0.421. The van der Waals surface area contributed by atoms with Crippen molar-refractivity contribution in [2.24, 2.45) is 0 Å². The van der Waals surface area contributed by atoms with Gasteiger partial charge in [-0.2, -0.15) is 0 Å². The van der Waals surface area contributed by atoms with Gasteiger partial charge >= 0.3 is 30.9 Å². The van der Waals surface area contributed by atoms with Gasteiger partial charge in [-0.3, -0.25) is 19.3 Å².